The van der Waals surface area contributed by atoms with E-state index >= 15 is 0 Å². The molecule has 0 amide bonds. The van der Waals surface area contributed by atoms with E-state index in [2.05, 4.69) is 58.4 Å². The second-order valence-corrected chi connectivity index (χ2v) is 6.60. The minimum Gasteiger partial charge on any atom is -0.336 e. The van der Waals surface area contributed by atoms with Crippen molar-refractivity contribution < 1.29 is 0 Å². The van der Waals surface area contributed by atoms with Crippen molar-refractivity contribution in [3.05, 3.63) is 36.7 Å². The lowest BCUT2D eigenvalue weighted by Gasteiger charge is -2.32. The van der Waals surface area contributed by atoms with E-state index in [1.54, 1.807) is 0 Å². The molecule has 0 aliphatic carbocycles. The first kappa shape index (κ1) is 15.8. The third-order valence-electron chi connectivity index (χ3n) is 3.77. The lowest BCUT2D eigenvalue weighted by atomic mass is 9.86. The summed E-state index contributed by atoms with van der Waals surface area (Å²) in [5.74, 6) is 0. The van der Waals surface area contributed by atoms with Crippen molar-refractivity contribution in [2.24, 2.45) is 5.41 Å². The van der Waals surface area contributed by atoms with Crippen molar-refractivity contribution in [1.29, 1.82) is 0 Å². The third kappa shape index (κ3) is 4.43. The highest BCUT2D eigenvalue weighted by Crippen LogP contribution is 2.21. The number of hydrogen-bond acceptors (Lipinski definition) is 3. The van der Waals surface area contributed by atoms with Crippen LogP contribution in [0.5, 0.6) is 0 Å². The quantitative estimate of drug-likeness (QED) is 0.852. The van der Waals surface area contributed by atoms with E-state index in [1.165, 1.54) is 5.69 Å². The van der Waals surface area contributed by atoms with Gasteiger partial charge in [0.05, 0.1) is 12.0 Å². The van der Waals surface area contributed by atoms with E-state index in [9.17, 15) is 0 Å². The molecule has 0 aromatic carbocycles. The molecule has 1 N–H and O–H groups in total. The highest BCUT2D eigenvalue weighted by molar-refractivity contribution is 5.01. The van der Waals surface area contributed by atoms with Crippen LogP contribution in [0.4, 0.5) is 0 Å². The van der Waals surface area contributed by atoms with Gasteiger partial charge in [-0.05, 0) is 17.9 Å². The van der Waals surface area contributed by atoms with Crippen LogP contribution in [0.3, 0.4) is 0 Å². The molecule has 1 atom stereocenters. The van der Waals surface area contributed by atoms with Gasteiger partial charge in [0.25, 0.3) is 0 Å². The van der Waals surface area contributed by atoms with Crippen LogP contribution >= 0.6 is 0 Å². The number of rotatable bonds is 7. The molecule has 2 aromatic heterocycles. The monoisotopic (exact) mass is 289 g/mol. The Bertz CT molecular complexity index is 521. The van der Waals surface area contributed by atoms with Gasteiger partial charge in [0.1, 0.15) is 0 Å². The van der Waals surface area contributed by atoms with Crippen LogP contribution in [0, 0.1) is 5.41 Å². The molecule has 2 rings (SSSR count). The Labute approximate surface area is 127 Å². The number of nitrogens with zero attached hydrogens (tertiary/aromatic N) is 4. The fourth-order valence-corrected chi connectivity index (χ4v) is 2.40. The molecule has 0 radical (unpaired) electrons. The van der Waals surface area contributed by atoms with Gasteiger partial charge in [0.2, 0.25) is 0 Å². The largest absolute Gasteiger partial charge is 0.336 e. The topological polar surface area (TPSA) is 47.7 Å². The standard InChI is InChI=1S/C16H27N5/c1-5-9-21-14(6-7-19-21)11-18-15(16(2,3)4)12-20-10-8-17-13-20/h6-8,10,13,15,18H,5,9,11-12H2,1-4H3. The van der Waals surface area contributed by atoms with Gasteiger partial charge in [0.15, 0.2) is 0 Å². The smallest absolute Gasteiger partial charge is 0.0946 e. The van der Waals surface area contributed by atoms with Crippen LogP contribution in [-0.4, -0.2) is 25.4 Å². The second-order valence-electron chi connectivity index (χ2n) is 6.60. The summed E-state index contributed by atoms with van der Waals surface area (Å²) < 4.78 is 4.22. The maximum Gasteiger partial charge on any atom is 0.0946 e. The maximum absolute atomic E-state index is 4.38. The van der Waals surface area contributed by atoms with Gasteiger partial charge in [-0.25, -0.2) is 4.98 Å². The lowest BCUT2D eigenvalue weighted by molar-refractivity contribution is 0.238. The van der Waals surface area contributed by atoms with Gasteiger partial charge in [-0.15, -0.1) is 0 Å². The molecule has 2 heterocycles. The zero-order valence-electron chi connectivity index (χ0n) is 13.6. The number of nitrogens with one attached hydrogen (secondary N) is 1. The molecular weight excluding hydrogens is 262 g/mol. The predicted molar refractivity (Wildman–Crippen MR) is 84.8 cm³/mol. The Morgan fingerprint density at radius 3 is 2.71 bits per heavy atom. The van der Waals surface area contributed by atoms with Crippen LogP contribution in [-0.2, 0) is 19.6 Å². The Morgan fingerprint density at radius 1 is 1.29 bits per heavy atom. The fourth-order valence-electron chi connectivity index (χ4n) is 2.40. The normalized spacial score (nSPS) is 13.5. The molecule has 5 nitrogen and oxygen atoms in total. The van der Waals surface area contributed by atoms with Gasteiger partial charge in [0, 0.05) is 44.3 Å². The average molecular weight is 289 g/mol. The molecule has 5 heteroatoms. The molecule has 21 heavy (non-hydrogen) atoms. The Balaban J connectivity index is 2.00. The molecule has 0 fully saturated rings. The summed E-state index contributed by atoms with van der Waals surface area (Å²) in [5.41, 5.74) is 1.43. The Hall–Kier alpha value is -1.62. The molecule has 0 aliphatic heterocycles. The van der Waals surface area contributed by atoms with E-state index in [-0.39, 0.29) is 5.41 Å². The molecule has 0 saturated heterocycles. The summed E-state index contributed by atoms with van der Waals surface area (Å²) in [7, 11) is 0. The van der Waals surface area contributed by atoms with Crippen molar-refractivity contribution in [2.45, 2.75) is 59.8 Å². The fraction of sp³-hybridized carbons (Fsp3) is 0.625. The van der Waals surface area contributed by atoms with E-state index in [1.807, 2.05) is 24.9 Å². The summed E-state index contributed by atoms with van der Waals surface area (Å²) in [6.45, 7) is 11.7. The van der Waals surface area contributed by atoms with Crippen molar-refractivity contribution >= 4 is 0 Å². The van der Waals surface area contributed by atoms with Crippen molar-refractivity contribution in [3.8, 4) is 0 Å². The highest BCUT2D eigenvalue weighted by Gasteiger charge is 2.24. The van der Waals surface area contributed by atoms with E-state index in [4.69, 9.17) is 0 Å². The summed E-state index contributed by atoms with van der Waals surface area (Å²) in [5, 5.41) is 8.07. The van der Waals surface area contributed by atoms with E-state index in [0.717, 1.165) is 26.1 Å². The number of aromatic nitrogens is 4. The molecule has 1 unspecified atom stereocenters. The van der Waals surface area contributed by atoms with Gasteiger partial charge in [-0.3, -0.25) is 4.68 Å². The molecule has 0 spiro atoms. The zero-order valence-corrected chi connectivity index (χ0v) is 13.6. The van der Waals surface area contributed by atoms with E-state index in [0.29, 0.717) is 6.04 Å². The molecule has 0 saturated carbocycles. The second kappa shape index (κ2) is 6.89. The molecule has 116 valence electrons. The number of aryl methyl sites for hydroxylation is 1. The molecule has 0 aliphatic rings. The lowest BCUT2D eigenvalue weighted by Crippen LogP contribution is -2.43. The van der Waals surface area contributed by atoms with Crippen LogP contribution in [0.1, 0.15) is 39.8 Å². The van der Waals surface area contributed by atoms with Crippen LogP contribution in [0.25, 0.3) is 0 Å². The number of hydrogen-bond donors (Lipinski definition) is 1. The predicted octanol–water partition coefficient (Wildman–Crippen LogP) is 2.69. The van der Waals surface area contributed by atoms with Crippen molar-refractivity contribution in [2.75, 3.05) is 0 Å². The van der Waals surface area contributed by atoms with Crippen LogP contribution < -0.4 is 5.32 Å². The highest BCUT2D eigenvalue weighted by atomic mass is 15.3. The van der Waals surface area contributed by atoms with Crippen LogP contribution in [0.2, 0.25) is 0 Å². The minimum atomic E-state index is 0.180. The van der Waals surface area contributed by atoms with Crippen molar-refractivity contribution in [1.82, 2.24) is 24.6 Å². The van der Waals surface area contributed by atoms with Crippen LogP contribution in [0.15, 0.2) is 31.0 Å². The number of imidazole rings is 1. The summed E-state index contributed by atoms with van der Waals surface area (Å²) in [4.78, 5) is 4.13. The first-order chi connectivity index (χ1) is 10.0. The third-order valence-corrected chi connectivity index (χ3v) is 3.77. The zero-order chi connectivity index (χ0) is 15.3. The molecule has 2 aromatic rings. The first-order valence-electron chi connectivity index (χ1n) is 7.70. The molecular formula is C16H27N5. The summed E-state index contributed by atoms with van der Waals surface area (Å²) in [6, 6.07) is 2.47. The van der Waals surface area contributed by atoms with Gasteiger partial charge >= 0.3 is 0 Å². The minimum absolute atomic E-state index is 0.180. The first-order valence-corrected chi connectivity index (χ1v) is 7.70. The van der Waals surface area contributed by atoms with Gasteiger partial charge in [-0.2, -0.15) is 5.10 Å². The van der Waals surface area contributed by atoms with Gasteiger partial charge in [-0.1, -0.05) is 27.7 Å². The Kier molecular flexibility index (Phi) is 5.17. The van der Waals surface area contributed by atoms with E-state index < -0.39 is 0 Å². The summed E-state index contributed by atoms with van der Waals surface area (Å²) >= 11 is 0. The van der Waals surface area contributed by atoms with Gasteiger partial charge < -0.3 is 9.88 Å². The average Bonchev–Trinajstić information content (AvgIpc) is 3.05. The van der Waals surface area contributed by atoms with Crippen molar-refractivity contribution in [3.63, 3.8) is 0 Å². The maximum atomic E-state index is 4.38. The molecule has 0 bridgehead atoms. The SMILES string of the molecule is CCCn1nccc1CNC(Cn1ccnc1)C(C)(C)C. The Morgan fingerprint density at radius 2 is 2.10 bits per heavy atom. The summed E-state index contributed by atoms with van der Waals surface area (Å²) in [6.07, 6.45) is 8.71.